The Morgan fingerprint density at radius 2 is 2.32 bits per heavy atom. The van der Waals surface area contributed by atoms with Gasteiger partial charge in [0.25, 0.3) is 5.91 Å². The van der Waals surface area contributed by atoms with Crippen molar-refractivity contribution in [2.24, 2.45) is 10.7 Å². The molecule has 3 N–H and O–H groups in total. The molecule has 0 saturated carbocycles. The van der Waals surface area contributed by atoms with Crippen molar-refractivity contribution in [2.45, 2.75) is 13.8 Å². The maximum absolute atomic E-state index is 12.7. The summed E-state index contributed by atoms with van der Waals surface area (Å²) in [7, 11) is 0. The molecule has 0 aliphatic carbocycles. The number of likely N-dealkylation sites (N-methyl/N-ethyl adjacent to an activating group) is 1. The average Bonchev–Trinajstić information content (AvgIpc) is 3.01. The zero-order valence-electron chi connectivity index (χ0n) is 12.9. The van der Waals surface area contributed by atoms with E-state index in [2.05, 4.69) is 21.5 Å². The Bertz CT molecular complexity index is 681. The number of aromatic nitrogens is 2. The summed E-state index contributed by atoms with van der Waals surface area (Å²) < 4.78 is 0. The van der Waals surface area contributed by atoms with Crippen LogP contribution in [0.25, 0.3) is 5.57 Å². The highest BCUT2D eigenvalue weighted by molar-refractivity contribution is 8.02. The molecule has 1 aliphatic heterocycles. The molecule has 1 amide bonds. The van der Waals surface area contributed by atoms with Gasteiger partial charge in [0.05, 0.1) is 28.8 Å². The van der Waals surface area contributed by atoms with Crippen LogP contribution in [0.3, 0.4) is 0 Å². The molecule has 2 rings (SSSR count). The van der Waals surface area contributed by atoms with Gasteiger partial charge < -0.3 is 10.7 Å². The van der Waals surface area contributed by atoms with Crippen LogP contribution >= 0.6 is 11.8 Å². The summed E-state index contributed by atoms with van der Waals surface area (Å²) >= 11 is 1.42. The molecular formula is C15H19N5OS. The monoisotopic (exact) mass is 317 g/mol. The summed E-state index contributed by atoms with van der Waals surface area (Å²) in [6.07, 6.45) is 6.79. The minimum Gasteiger partial charge on any atom is -0.402 e. The highest BCUT2D eigenvalue weighted by Gasteiger charge is 2.31. The van der Waals surface area contributed by atoms with Gasteiger partial charge in [0.2, 0.25) is 0 Å². The second-order valence-corrected chi connectivity index (χ2v) is 5.58. The molecule has 0 spiro atoms. The fourth-order valence-electron chi connectivity index (χ4n) is 2.12. The predicted molar refractivity (Wildman–Crippen MR) is 90.9 cm³/mol. The lowest BCUT2D eigenvalue weighted by atomic mass is 9.99. The SMILES string of the molecule is C=C(/N=C1\C(=C(\C)N)C=C(c2cnc[nH]2)C(=O)N1CC)SC. The van der Waals surface area contributed by atoms with E-state index in [0.717, 1.165) is 5.57 Å². The van der Waals surface area contributed by atoms with Gasteiger partial charge in [-0.25, -0.2) is 9.98 Å². The van der Waals surface area contributed by atoms with Crippen LogP contribution in [-0.2, 0) is 4.79 Å². The van der Waals surface area contributed by atoms with E-state index in [1.807, 2.05) is 13.2 Å². The van der Waals surface area contributed by atoms with E-state index in [0.29, 0.717) is 34.4 Å². The van der Waals surface area contributed by atoms with Crippen molar-refractivity contribution < 1.29 is 4.79 Å². The summed E-state index contributed by atoms with van der Waals surface area (Å²) in [5.74, 6) is 0.402. The van der Waals surface area contributed by atoms with Crippen molar-refractivity contribution >= 4 is 29.1 Å². The molecule has 0 radical (unpaired) electrons. The van der Waals surface area contributed by atoms with Crippen molar-refractivity contribution in [3.05, 3.63) is 47.2 Å². The third-order valence-electron chi connectivity index (χ3n) is 3.26. The maximum Gasteiger partial charge on any atom is 0.261 e. The standard InChI is InChI=1S/C15H19N5OS/c1-5-20-14(19-10(3)22-4)11(9(2)16)6-12(15(20)21)13-7-17-8-18-13/h6-8H,3,5,16H2,1-2,4H3,(H,17,18)/b11-9-,19-14+. The van der Waals surface area contributed by atoms with Crippen LogP contribution in [0.2, 0.25) is 0 Å². The van der Waals surface area contributed by atoms with Gasteiger partial charge in [0, 0.05) is 17.8 Å². The van der Waals surface area contributed by atoms with Crippen LogP contribution in [0.4, 0.5) is 0 Å². The van der Waals surface area contributed by atoms with Crippen molar-refractivity contribution in [1.29, 1.82) is 0 Å². The number of H-pyrrole nitrogens is 1. The normalized spacial score (nSPS) is 19.4. The second kappa shape index (κ2) is 6.65. The molecule has 0 unspecified atom stereocenters. The Balaban J connectivity index is 2.63. The van der Waals surface area contributed by atoms with E-state index >= 15 is 0 Å². The van der Waals surface area contributed by atoms with E-state index in [9.17, 15) is 4.79 Å². The Hall–Kier alpha value is -2.28. The Morgan fingerprint density at radius 1 is 1.59 bits per heavy atom. The highest BCUT2D eigenvalue weighted by Crippen LogP contribution is 2.27. The number of aromatic amines is 1. The first-order chi connectivity index (χ1) is 10.5. The average molecular weight is 317 g/mol. The first kappa shape index (κ1) is 16.1. The molecule has 22 heavy (non-hydrogen) atoms. The van der Waals surface area contributed by atoms with E-state index < -0.39 is 0 Å². The van der Waals surface area contributed by atoms with Crippen LogP contribution in [0.15, 0.2) is 46.5 Å². The minimum absolute atomic E-state index is 0.135. The molecule has 1 aromatic heterocycles. The van der Waals surface area contributed by atoms with Gasteiger partial charge in [0.15, 0.2) is 0 Å². The number of imidazole rings is 1. The summed E-state index contributed by atoms with van der Waals surface area (Å²) in [5.41, 5.74) is 8.50. The van der Waals surface area contributed by atoms with Gasteiger partial charge in [-0.2, -0.15) is 0 Å². The topological polar surface area (TPSA) is 87.4 Å². The summed E-state index contributed by atoms with van der Waals surface area (Å²) in [6, 6.07) is 0. The van der Waals surface area contributed by atoms with E-state index in [1.54, 1.807) is 24.1 Å². The fourth-order valence-corrected chi connectivity index (χ4v) is 2.30. The van der Waals surface area contributed by atoms with Crippen LogP contribution < -0.4 is 5.73 Å². The molecule has 1 aromatic rings. The number of allylic oxidation sites excluding steroid dienone is 1. The number of nitrogens with one attached hydrogen (secondary N) is 1. The molecule has 7 heteroatoms. The van der Waals surface area contributed by atoms with Crippen LogP contribution in [0.5, 0.6) is 0 Å². The molecule has 0 saturated heterocycles. The molecule has 0 fully saturated rings. The molecule has 0 bridgehead atoms. The van der Waals surface area contributed by atoms with Gasteiger partial charge in [-0.15, -0.1) is 11.8 Å². The van der Waals surface area contributed by atoms with E-state index in [4.69, 9.17) is 5.73 Å². The lowest BCUT2D eigenvalue weighted by Crippen LogP contribution is -2.41. The second-order valence-electron chi connectivity index (χ2n) is 4.70. The number of nitrogens with two attached hydrogens (primary N) is 1. The first-order valence-corrected chi connectivity index (χ1v) is 8.02. The molecule has 0 atom stereocenters. The van der Waals surface area contributed by atoms with Crippen molar-refractivity contribution in [1.82, 2.24) is 14.9 Å². The molecule has 116 valence electrons. The number of rotatable bonds is 4. The smallest absolute Gasteiger partial charge is 0.261 e. The minimum atomic E-state index is -0.135. The number of aliphatic imine (C=N–C) groups is 1. The maximum atomic E-state index is 12.7. The first-order valence-electron chi connectivity index (χ1n) is 6.80. The van der Waals surface area contributed by atoms with E-state index in [1.165, 1.54) is 18.1 Å². The van der Waals surface area contributed by atoms with Gasteiger partial charge >= 0.3 is 0 Å². The largest absolute Gasteiger partial charge is 0.402 e. The lowest BCUT2D eigenvalue weighted by molar-refractivity contribution is -0.121. The summed E-state index contributed by atoms with van der Waals surface area (Å²) in [5, 5.41) is 0.624. The van der Waals surface area contributed by atoms with Crippen molar-refractivity contribution in [2.75, 3.05) is 12.8 Å². The van der Waals surface area contributed by atoms with E-state index in [-0.39, 0.29) is 5.91 Å². The molecule has 0 aromatic carbocycles. The number of amidine groups is 1. The van der Waals surface area contributed by atoms with Gasteiger partial charge in [0.1, 0.15) is 5.84 Å². The number of thioether (sulfide) groups is 1. The van der Waals surface area contributed by atoms with Gasteiger partial charge in [-0.1, -0.05) is 6.58 Å². The van der Waals surface area contributed by atoms with Crippen LogP contribution in [-0.4, -0.2) is 39.4 Å². The highest BCUT2D eigenvalue weighted by atomic mass is 32.2. The third-order valence-corrected chi connectivity index (χ3v) is 3.82. The molecule has 1 aliphatic rings. The number of hydrogen-bond donors (Lipinski definition) is 2. The quantitative estimate of drug-likeness (QED) is 0.890. The predicted octanol–water partition coefficient (Wildman–Crippen LogP) is 2.12. The molecule has 6 nitrogen and oxygen atoms in total. The molecular weight excluding hydrogens is 298 g/mol. The van der Waals surface area contributed by atoms with Gasteiger partial charge in [-0.05, 0) is 26.2 Å². The number of amides is 1. The number of hydrogen-bond acceptors (Lipinski definition) is 5. The van der Waals surface area contributed by atoms with Crippen LogP contribution in [0, 0.1) is 0 Å². The summed E-state index contributed by atoms with van der Waals surface area (Å²) in [4.78, 5) is 25.7. The van der Waals surface area contributed by atoms with Crippen molar-refractivity contribution in [3.8, 4) is 0 Å². The Kier molecular flexibility index (Phi) is 4.87. The lowest BCUT2D eigenvalue weighted by Gasteiger charge is -2.29. The molecule has 2 heterocycles. The zero-order chi connectivity index (χ0) is 16.3. The number of carbonyl (C=O) groups is 1. The zero-order valence-corrected chi connectivity index (χ0v) is 13.7. The third kappa shape index (κ3) is 2.99. The number of carbonyl (C=O) groups excluding carboxylic acids is 1. The Morgan fingerprint density at radius 3 is 2.82 bits per heavy atom. The van der Waals surface area contributed by atoms with Gasteiger partial charge in [-0.3, -0.25) is 9.69 Å². The Labute approximate surface area is 133 Å². The van der Waals surface area contributed by atoms with Crippen LogP contribution in [0.1, 0.15) is 19.5 Å². The fraction of sp³-hybridized carbons (Fsp3) is 0.267. The number of nitrogens with zero attached hydrogens (tertiary/aromatic N) is 3. The summed E-state index contributed by atoms with van der Waals surface area (Å²) in [6.45, 7) is 8.04. The van der Waals surface area contributed by atoms with Crippen molar-refractivity contribution in [3.63, 3.8) is 0 Å².